The number of nitrogens with zero attached hydrogens (tertiary/aromatic N) is 1. The summed E-state index contributed by atoms with van der Waals surface area (Å²) in [4.78, 5) is 80.1. The highest BCUT2D eigenvalue weighted by Gasteiger charge is 2.30. The van der Waals surface area contributed by atoms with Crippen molar-refractivity contribution >= 4 is 52.3 Å². The van der Waals surface area contributed by atoms with Gasteiger partial charge in [0.15, 0.2) is 5.96 Å². The first-order chi connectivity index (χ1) is 24.6. The summed E-state index contributed by atoms with van der Waals surface area (Å²) in [6.07, 6.45) is 1.65. The molecular formula is C33H47N9O9S. The highest BCUT2D eigenvalue weighted by atomic mass is 32.2. The first-order valence-electron chi connectivity index (χ1n) is 16.2. The number of phenolic OH excluding ortho intramolecular Hbond substituents is 1. The summed E-state index contributed by atoms with van der Waals surface area (Å²) in [6.45, 7) is -0.917. The number of carbonyl (C=O) groups is 6. The lowest BCUT2D eigenvalue weighted by atomic mass is 10.0. The number of carboxylic acids is 1. The molecule has 1 unspecified atom stereocenters. The van der Waals surface area contributed by atoms with Crippen LogP contribution >= 0.6 is 0 Å². The molecule has 18 nitrogen and oxygen atoms in total. The maximum atomic E-state index is 13.6. The van der Waals surface area contributed by atoms with Crippen molar-refractivity contribution in [1.29, 1.82) is 0 Å². The summed E-state index contributed by atoms with van der Waals surface area (Å²) < 4.78 is 11.9. The maximum absolute atomic E-state index is 13.6. The van der Waals surface area contributed by atoms with Gasteiger partial charge in [-0.3, -0.25) is 33.2 Å². The van der Waals surface area contributed by atoms with E-state index >= 15 is 0 Å². The van der Waals surface area contributed by atoms with Crippen LogP contribution in [0.15, 0.2) is 59.6 Å². The number of amides is 5. The van der Waals surface area contributed by atoms with Gasteiger partial charge in [-0.25, -0.2) is 4.79 Å². The molecule has 2 aromatic rings. The van der Waals surface area contributed by atoms with Gasteiger partial charge >= 0.3 is 5.97 Å². The lowest BCUT2D eigenvalue weighted by Gasteiger charge is -2.24. The Morgan fingerprint density at radius 1 is 0.750 bits per heavy atom. The Bertz CT molecular complexity index is 1570. The normalized spacial score (nSPS) is 13.6. The lowest BCUT2D eigenvalue weighted by molar-refractivity contribution is -0.142. The number of carboxylic acid groups (broad SMARTS) is 1. The van der Waals surface area contributed by atoms with Gasteiger partial charge in [0.1, 0.15) is 23.9 Å². The van der Waals surface area contributed by atoms with Crippen molar-refractivity contribution in [2.45, 2.75) is 56.3 Å². The van der Waals surface area contributed by atoms with E-state index in [1.54, 1.807) is 42.5 Å². The molecule has 5 amide bonds. The second-order valence-corrected chi connectivity index (χ2v) is 13.3. The molecule has 0 radical (unpaired) electrons. The molecular weight excluding hydrogens is 698 g/mol. The highest BCUT2D eigenvalue weighted by molar-refractivity contribution is 7.84. The van der Waals surface area contributed by atoms with Gasteiger partial charge in [-0.05, 0) is 48.9 Å². The predicted octanol–water partition coefficient (Wildman–Crippen LogP) is -2.90. The number of carbonyl (C=O) groups excluding carboxylic acids is 5. The van der Waals surface area contributed by atoms with E-state index in [1.165, 1.54) is 18.4 Å². The summed E-state index contributed by atoms with van der Waals surface area (Å²) in [5, 5.41) is 31.3. The number of benzene rings is 2. The van der Waals surface area contributed by atoms with Crippen molar-refractivity contribution in [2.75, 3.05) is 31.6 Å². The van der Waals surface area contributed by atoms with E-state index < -0.39 is 83.6 Å². The molecule has 0 aliphatic carbocycles. The second kappa shape index (κ2) is 22.3. The molecule has 0 bridgehead atoms. The Morgan fingerprint density at radius 2 is 1.35 bits per heavy atom. The summed E-state index contributed by atoms with van der Waals surface area (Å²) in [6, 6.07) is 9.89. The molecule has 2 aromatic carbocycles. The Labute approximate surface area is 303 Å². The zero-order valence-electron chi connectivity index (χ0n) is 28.7. The number of hydrogen-bond acceptors (Lipinski definition) is 10. The fourth-order valence-corrected chi connectivity index (χ4v) is 5.25. The molecule has 0 fully saturated rings. The smallest absolute Gasteiger partial charge is 0.326 e. The summed E-state index contributed by atoms with van der Waals surface area (Å²) in [5.74, 6) is -5.14. The first kappa shape index (κ1) is 42.6. The molecule has 0 spiro atoms. The molecule has 0 aromatic heterocycles. The fourth-order valence-electron chi connectivity index (χ4n) is 4.68. The van der Waals surface area contributed by atoms with Crippen molar-refractivity contribution in [2.24, 2.45) is 22.2 Å². The molecule has 0 heterocycles. The van der Waals surface area contributed by atoms with Gasteiger partial charge in [0.05, 0.1) is 19.1 Å². The minimum absolute atomic E-state index is 0.000585. The number of aliphatic carboxylic acids is 1. The van der Waals surface area contributed by atoms with Gasteiger partial charge < -0.3 is 54.0 Å². The number of aliphatic imine (C=N–C) groups is 1. The predicted molar refractivity (Wildman–Crippen MR) is 193 cm³/mol. The van der Waals surface area contributed by atoms with E-state index in [0.717, 1.165) is 0 Å². The summed E-state index contributed by atoms with van der Waals surface area (Å²) >= 11 is 0. The molecule has 52 heavy (non-hydrogen) atoms. The van der Waals surface area contributed by atoms with Crippen LogP contribution < -0.4 is 43.8 Å². The van der Waals surface area contributed by atoms with E-state index in [1.807, 2.05) is 0 Å². The Balaban J connectivity index is 2.05. The van der Waals surface area contributed by atoms with Gasteiger partial charge in [-0.1, -0.05) is 42.5 Å². The Kier molecular flexibility index (Phi) is 18.3. The topological polar surface area (TPSA) is 311 Å². The SMILES string of the molecule is CS(=O)CC[C@H](NC(=O)[C@H](Cc1ccccc1)NC(=O)CNC(=O)CNC(=O)[C@@H](N)Cc1ccc(O)cc1)C(=O)N[C@@H](CCCN=C(N)N)C(=O)O. The van der Waals surface area contributed by atoms with Crippen molar-refractivity contribution in [3.63, 3.8) is 0 Å². The van der Waals surface area contributed by atoms with Crippen molar-refractivity contribution in [3.8, 4) is 5.75 Å². The summed E-state index contributed by atoms with van der Waals surface area (Å²) in [5.41, 5.74) is 17.8. The van der Waals surface area contributed by atoms with Crippen LogP contribution in [0, 0.1) is 0 Å². The van der Waals surface area contributed by atoms with Crippen LogP contribution in [0.3, 0.4) is 0 Å². The van der Waals surface area contributed by atoms with Gasteiger partial charge in [0, 0.05) is 35.8 Å². The number of nitrogens with two attached hydrogens (primary N) is 3. The molecule has 2 rings (SSSR count). The number of guanidine groups is 1. The van der Waals surface area contributed by atoms with E-state index in [2.05, 4.69) is 31.6 Å². The molecule has 0 saturated carbocycles. The monoisotopic (exact) mass is 745 g/mol. The minimum atomic E-state index is -1.36. The zero-order valence-corrected chi connectivity index (χ0v) is 29.5. The van der Waals surface area contributed by atoms with Crippen LogP contribution in [0.4, 0.5) is 0 Å². The molecule has 0 saturated heterocycles. The Morgan fingerprint density at radius 3 is 1.96 bits per heavy atom. The van der Waals surface area contributed by atoms with Crippen molar-refractivity contribution in [1.82, 2.24) is 26.6 Å². The van der Waals surface area contributed by atoms with E-state index in [4.69, 9.17) is 17.2 Å². The van der Waals surface area contributed by atoms with Gasteiger partial charge in [-0.15, -0.1) is 0 Å². The number of rotatable bonds is 22. The molecule has 13 N–H and O–H groups in total. The van der Waals surface area contributed by atoms with E-state index in [0.29, 0.717) is 11.1 Å². The number of aromatic hydroxyl groups is 1. The number of phenols is 1. The molecule has 0 aliphatic rings. The van der Waals surface area contributed by atoms with Crippen molar-refractivity contribution < 1.29 is 43.2 Å². The lowest BCUT2D eigenvalue weighted by Crippen LogP contribution is -2.57. The minimum Gasteiger partial charge on any atom is -0.508 e. The van der Waals surface area contributed by atoms with Crippen LogP contribution in [-0.4, -0.2) is 112 Å². The van der Waals surface area contributed by atoms with Crippen LogP contribution in [0.1, 0.15) is 30.4 Å². The summed E-state index contributed by atoms with van der Waals surface area (Å²) in [7, 11) is -1.36. The molecule has 19 heteroatoms. The quantitative estimate of drug-likeness (QED) is 0.0330. The van der Waals surface area contributed by atoms with Gasteiger partial charge in [0.25, 0.3) is 0 Å². The average molecular weight is 746 g/mol. The van der Waals surface area contributed by atoms with Crippen LogP contribution in [0.5, 0.6) is 5.75 Å². The second-order valence-electron chi connectivity index (χ2n) is 11.8. The third-order valence-electron chi connectivity index (χ3n) is 7.42. The van der Waals surface area contributed by atoms with E-state index in [9.17, 15) is 43.2 Å². The fraction of sp³-hybridized carbons (Fsp3) is 0.424. The van der Waals surface area contributed by atoms with Gasteiger partial charge in [-0.2, -0.15) is 0 Å². The standard InChI is InChI=1S/C33H47N9O9S/c1-52(51)15-13-24(30(47)42-25(32(49)50)8-5-14-37-33(35)36)41-31(48)26(17-20-6-3-2-4-7-20)40-28(45)19-38-27(44)18-39-29(46)23(34)16-21-9-11-22(43)12-10-21/h2-4,6-7,9-12,23-26,43H,5,8,13-19,34H2,1H3,(H,38,44)(H,39,46)(H,40,45)(H,41,48)(H,42,47)(H,49,50)(H4,35,36,37)/t23-,24-,25-,26-,52?/m0/s1. The van der Waals surface area contributed by atoms with Crippen LogP contribution in [-0.2, 0) is 52.4 Å². The number of nitrogens with one attached hydrogen (secondary N) is 5. The first-order valence-corrected chi connectivity index (χ1v) is 18.0. The van der Waals surface area contributed by atoms with Gasteiger partial charge in [0.2, 0.25) is 29.5 Å². The molecule has 5 atom stereocenters. The van der Waals surface area contributed by atoms with Crippen molar-refractivity contribution in [3.05, 3.63) is 65.7 Å². The Hall–Kier alpha value is -5.56. The molecule has 284 valence electrons. The third-order valence-corrected chi connectivity index (χ3v) is 8.23. The third kappa shape index (κ3) is 16.9. The average Bonchev–Trinajstić information content (AvgIpc) is 3.09. The largest absolute Gasteiger partial charge is 0.508 e. The number of hydrogen-bond donors (Lipinski definition) is 10. The maximum Gasteiger partial charge on any atom is 0.326 e. The zero-order chi connectivity index (χ0) is 38.6. The molecule has 0 aliphatic heterocycles. The highest BCUT2D eigenvalue weighted by Crippen LogP contribution is 2.11. The van der Waals surface area contributed by atoms with Crippen LogP contribution in [0.2, 0.25) is 0 Å². The van der Waals surface area contributed by atoms with Crippen LogP contribution in [0.25, 0.3) is 0 Å². The van der Waals surface area contributed by atoms with E-state index in [-0.39, 0.29) is 56.1 Å².